The van der Waals surface area contributed by atoms with E-state index >= 15 is 0 Å². The molecule has 0 aliphatic heterocycles. The van der Waals surface area contributed by atoms with Crippen LogP contribution in [-0.2, 0) is 9.47 Å². The monoisotopic (exact) mass is 422 g/mol. The largest absolute Gasteiger partial charge is 0.394 e. The van der Waals surface area contributed by atoms with Gasteiger partial charge in [-0.15, -0.1) is 0 Å². The highest BCUT2D eigenvalue weighted by molar-refractivity contribution is 7.80. The Kier molecular flexibility index (Phi) is 14.5. The van der Waals surface area contributed by atoms with Crippen molar-refractivity contribution in [2.75, 3.05) is 37.9 Å². The van der Waals surface area contributed by atoms with Crippen LogP contribution < -0.4 is 0 Å². The third-order valence-corrected chi connectivity index (χ3v) is 4.16. The summed E-state index contributed by atoms with van der Waals surface area (Å²) in [6.45, 7) is -1.53. The predicted octanol–water partition coefficient (Wildman–Crippen LogP) is -4.23. The van der Waals surface area contributed by atoms with Gasteiger partial charge in [-0.25, -0.2) is 0 Å². The number of aliphatic hydroxyl groups is 8. The molecule has 0 heterocycles. The van der Waals surface area contributed by atoms with Crippen molar-refractivity contribution < 1.29 is 50.3 Å². The van der Waals surface area contributed by atoms with Crippen LogP contribution in [0.3, 0.4) is 0 Å². The first-order valence-corrected chi connectivity index (χ1v) is 9.26. The Hall–Kier alpha value is 0.300. The Labute approximate surface area is 162 Å². The third kappa shape index (κ3) is 8.99. The summed E-state index contributed by atoms with van der Waals surface area (Å²) in [6.07, 6.45) is -12.8. The zero-order valence-electron chi connectivity index (χ0n) is 14.2. The molecular weight excluding hydrogens is 392 g/mol. The van der Waals surface area contributed by atoms with Crippen LogP contribution in [0.1, 0.15) is 0 Å². The molecule has 0 aromatic carbocycles. The van der Waals surface area contributed by atoms with Gasteiger partial charge in [-0.2, -0.15) is 25.3 Å². The average Bonchev–Trinajstić information content (AvgIpc) is 2.65. The Balaban J connectivity index is 4.75. The molecule has 0 saturated carbocycles. The normalized spacial score (nSPS) is 21.5. The van der Waals surface area contributed by atoms with Gasteiger partial charge in [-0.05, 0) is 0 Å². The van der Waals surface area contributed by atoms with Crippen molar-refractivity contribution >= 4 is 25.3 Å². The van der Waals surface area contributed by atoms with E-state index in [4.69, 9.17) is 14.6 Å². The van der Waals surface area contributed by atoms with Gasteiger partial charge < -0.3 is 50.3 Å². The molecule has 158 valence electrons. The molecule has 0 fully saturated rings. The van der Waals surface area contributed by atoms with Crippen molar-refractivity contribution in [3.8, 4) is 0 Å². The van der Waals surface area contributed by atoms with Gasteiger partial charge in [-0.3, -0.25) is 0 Å². The van der Waals surface area contributed by atoms with Gasteiger partial charge in [-0.1, -0.05) is 0 Å². The van der Waals surface area contributed by atoms with Crippen LogP contribution >= 0.6 is 25.3 Å². The topological polar surface area (TPSA) is 180 Å². The smallest absolute Gasteiger partial charge is 0.114 e. The van der Waals surface area contributed by atoms with Gasteiger partial charge in [0.25, 0.3) is 0 Å². The second-order valence-electron chi connectivity index (χ2n) is 5.70. The molecule has 0 aromatic rings. The molecule has 10 nitrogen and oxygen atoms in total. The molecule has 8 atom stereocenters. The summed E-state index contributed by atoms with van der Waals surface area (Å²) >= 11 is 7.67. The lowest BCUT2D eigenvalue weighted by Gasteiger charge is -2.32. The molecule has 0 amide bonds. The summed E-state index contributed by atoms with van der Waals surface area (Å²) in [7, 11) is 0. The Bertz CT molecular complexity index is 354. The molecule has 0 aliphatic rings. The number of hydrogen-bond donors (Lipinski definition) is 10. The molecule has 4 unspecified atom stereocenters. The maximum Gasteiger partial charge on any atom is 0.114 e. The van der Waals surface area contributed by atoms with E-state index in [1.807, 2.05) is 0 Å². The van der Waals surface area contributed by atoms with E-state index in [9.17, 15) is 35.7 Å². The van der Waals surface area contributed by atoms with Crippen molar-refractivity contribution in [2.24, 2.45) is 0 Å². The zero-order chi connectivity index (χ0) is 20.3. The summed E-state index contributed by atoms with van der Waals surface area (Å²) in [5.41, 5.74) is 0. The van der Waals surface area contributed by atoms with E-state index in [1.54, 1.807) is 0 Å². The van der Waals surface area contributed by atoms with Crippen molar-refractivity contribution in [1.29, 1.82) is 0 Å². The Morgan fingerprint density at radius 1 is 0.692 bits per heavy atom. The maximum absolute atomic E-state index is 10.1. The molecule has 0 rings (SSSR count). The van der Waals surface area contributed by atoms with Crippen molar-refractivity contribution in [1.82, 2.24) is 0 Å². The predicted molar refractivity (Wildman–Crippen MR) is 97.4 cm³/mol. The zero-order valence-corrected chi connectivity index (χ0v) is 15.9. The summed E-state index contributed by atoms with van der Waals surface area (Å²) < 4.78 is 10.1. The van der Waals surface area contributed by atoms with Crippen LogP contribution in [0.5, 0.6) is 0 Å². The molecule has 0 radical (unpaired) electrons. The highest BCUT2D eigenvalue weighted by atomic mass is 32.1. The lowest BCUT2D eigenvalue weighted by atomic mass is 10.0. The van der Waals surface area contributed by atoms with E-state index in [1.165, 1.54) is 0 Å². The lowest BCUT2D eigenvalue weighted by Crippen LogP contribution is -2.52. The molecule has 0 spiro atoms. The highest BCUT2D eigenvalue weighted by Gasteiger charge is 2.35. The summed E-state index contributed by atoms with van der Waals surface area (Å²) in [5.74, 6) is 0.237. The summed E-state index contributed by atoms with van der Waals surface area (Å²) in [5, 5.41) is 77.4. The van der Waals surface area contributed by atoms with Gasteiger partial charge >= 0.3 is 0 Å². The van der Waals surface area contributed by atoms with Crippen LogP contribution in [0.25, 0.3) is 0 Å². The molecule has 0 saturated heterocycles. The fourth-order valence-corrected chi connectivity index (χ4v) is 2.34. The summed E-state index contributed by atoms with van der Waals surface area (Å²) in [6, 6.07) is 0. The van der Waals surface area contributed by atoms with Gasteiger partial charge in [0.2, 0.25) is 0 Å². The number of aliphatic hydroxyl groups excluding tert-OH is 8. The molecule has 12 heteroatoms. The fourth-order valence-electron chi connectivity index (χ4n) is 2.00. The standard InChI is InChI=1S/C14H30O10S2/c15-3-7(16)14(13(22)8(17)4-23-1-2-25)24-5-9(18)11(20)12(21)10(19)6-26/h7-22,25-26H,1-6H2/t7?,8?,9?,10?,11-,12+,13-,14-/m1/s1. The van der Waals surface area contributed by atoms with Gasteiger partial charge in [0.05, 0.1) is 32.5 Å². The number of thiol groups is 2. The first kappa shape index (κ1) is 26.3. The maximum atomic E-state index is 10.1. The van der Waals surface area contributed by atoms with Crippen LogP contribution in [0.4, 0.5) is 0 Å². The highest BCUT2D eigenvalue weighted by Crippen LogP contribution is 2.13. The van der Waals surface area contributed by atoms with Crippen LogP contribution in [-0.4, -0.2) is 128 Å². The van der Waals surface area contributed by atoms with E-state index in [-0.39, 0.29) is 19.0 Å². The van der Waals surface area contributed by atoms with E-state index in [0.29, 0.717) is 5.75 Å². The fraction of sp³-hybridized carbons (Fsp3) is 1.00. The van der Waals surface area contributed by atoms with E-state index in [0.717, 1.165) is 0 Å². The Morgan fingerprint density at radius 2 is 1.23 bits per heavy atom. The lowest BCUT2D eigenvalue weighted by molar-refractivity contribution is -0.177. The van der Waals surface area contributed by atoms with Crippen LogP contribution in [0.15, 0.2) is 0 Å². The van der Waals surface area contributed by atoms with Crippen LogP contribution in [0.2, 0.25) is 0 Å². The molecular formula is C14H30O10S2. The molecule has 8 N–H and O–H groups in total. The van der Waals surface area contributed by atoms with E-state index in [2.05, 4.69) is 25.3 Å². The molecule has 0 aliphatic carbocycles. The number of ether oxygens (including phenoxy) is 2. The minimum Gasteiger partial charge on any atom is -0.394 e. The van der Waals surface area contributed by atoms with Crippen LogP contribution in [0, 0.1) is 0 Å². The molecule has 0 bridgehead atoms. The van der Waals surface area contributed by atoms with Gasteiger partial charge in [0.1, 0.15) is 42.7 Å². The second-order valence-corrected chi connectivity index (χ2v) is 6.52. The average molecular weight is 423 g/mol. The third-order valence-electron chi connectivity index (χ3n) is 3.61. The van der Waals surface area contributed by atoms with Crippen molar-refractivity contribution in [3.05, 3.63) is 0 Å². The number of rotatable bonds is 15. The Morgan fingerprint density at radius 3 is 1.73 bits per heavy atom. The van der Waals surface area contributed by atoms with Gasteiger partial charge in [0, 0.05) is 11.5 Å². The molecule has 26 heavy (non-hydrogen) atoms. The van der Waals surface area contributed by atoms with Gasteiger partial charge in [0.15, 0.2) is 0 Å². The molecule has 0 aromatic heterocycles. The second kappa shape index (κ2) is 14.3. The SMILES string of the molecule is OCC(O)[C@@H](OCC(O)[C@@H](O)[C@@H](O)C(O)CS)[C@H](O)C(O)COCCS. The van der Waals surface area contributed by atoms with Crippen molar-refractivity contribution in [2.45, 2.75) is 48.8 Å². The minimum atomic E-state index is -1.79. The van der Waals surface area contributed by atoms with Crippen molar-refractivity contribution in [3.63, 3.8) is 0 Å². The van der Waals surface area contributed by atoms with E-state index < -0.39 is 62.0 Å². The first-order chi connectivity index (χ1) is 12.2. The first-order valence-electron chi connectivity index (χ1n) is 7.99. The number of hydrogen-bond acceptors (Lipinski definition) is 12. The quantitative estimate of drug-likeness (QED) is 0.0917. The summed E-state index contributed by atoms with van der Waals surface area (Å²) in [4.78, 5) is 0. The minimum absolute atomic E-state index is 0.158.